The van der Waals surface area contributed by atoms with Gasteiger partial charge >= 0.3 is 0 Å². The Hall–Kier alpha value is -2.83. The maximum Gasteiger partial charge on any atom is 0.298 e. The third-order valence-corrected chi connectivity index (χ3v) is 8.24. The van der Waals surface area contributed by atoms with Gasteiger partial charge in [-0.1, -0.05) is 38.5 Å². The van der Waals surface area contributed by atoms with Crippen molar-refractivity contribution in [1.82, 2.24) is 5.27 Å². The first-order valence-electron chi connectivity index (χ1n) is 10.8. The summed E-state index contributed by atoms with van der Waals surface area (Å²) in [5.41, 5.74) is 3.62. The average Bonchev–Trinajstić information content (AvgIpc) is 3.30. The summed E-state index contributed by atoms with van der Waals surface area (Å²) in [5.74, 6) is -0.319. The van der Waals surface area contributed by atoms with E-state index in [9.17, 15) is 15.2 Å². The van der Waals surface area contributed by atoms with E-state index in [-0.39, 0.29) is 22.1 Å². The van der Waals surface area contributed by atoms with Gasteiger partial charge in [-0.25, -0.2) is 0 Å². The zero-order valence-electron chi connectivity index (χ0n) is 19.1. The van der Waals surface area contributed by atoms with Crippen molar-refractivity contribution >= 4 is 34.0 Å². The Morgan fingerprint density at radius 3 is 2.79 bits per heavy atom. The Bertz CT molecular complexity index is 1220. The smallest absolute Gasteiger partial charge is 0.298 e. The molecular formula is C24H26N4O3S2. The molecule has 172 valence electrons. The van der Waals surface area contributed by atoms with Crippen LogP contribution in [0.4, 0.5) is 5.00 Å². The van der Waals surface area contributed by atoms with Gasteiger partial charge in [-0.05, 0) is 59.5 Å². The molecule has 0 radical (unpaired) electrons. The molecule has 33 heavy (non-hydrogen) atoms. The maximum atomic E-state index is 12.7. The number of carbonyl (C=O) groups is 1. The highest BCUT2D eigenvalue weighted by atomic mass is 32.2. The predicted molar refractivity (Wildman–Crippen MR) is 126 cm³/mol. The number of aryl methyl sites for hydroxylation is 1. The van der Waals surface area contributed by atoms with Crippen LogP contribution in [0, 0.1) is 29.6 Å². The number of nitrogens with one attached hydrogen (secondary N) is 1. The van der Waals surface area contributed by atoms with E-state index in [4.69, 9.17) is 4.52 Å². The Balaban J connectivity index is 1.47. The van der Waals surface area contributed by atoms with Crippen molar-refractivity contribution in [3.05, 3.63) is 45.8 Å². The molecule has 0 saturated carbocycles. The zero-order chi connectivity index (χ0) is 23.8. The fourth-order valence-electron chi connectivity index (χ4n) is 4.04. The van der Waals surface area contributed by atoms with Crippen molar-refractivity contribution in [2.45, 2.75) is 52.0 Å². The highest BCUT2D eigenvalue weighted by Crippen LogP contribution is 2.44. The van der Waals surface area contributed by atoms with E-state index in [2.05, 4.69) is 37.4 Å². The molecule has 0 aliphatic heterocycles. The number of thioether (sulfide) groups is 1. The Morgan fingerprint density at radius 2 is 2.12 bits per heavy atom. The van der Waals surface area contributed by atoms with E-state index in [0.29, 0.717) is 22.2 Å². The number of nitriles is 1. The van der Waals surface area contributed by atoms with Gasteiger partial charge in [-0.3, -0.25) is 4.79 Å². The lowest BCUT2D eigenvalue weighted by Gasteiger charge is -2.33. The van der Waals surface area contributed by atoms with Crippen LogP contribution in [0.3, 0.4) is 0 Å². The number of benzene rings is 1. The molecule has 0 spiro atoms. The SMILES string of the molecule is Cc1ccc(-[n+]2noc([O-])c2SCC(=O)Nc2sc3c(c2C#N)CCC(C(C)(C)C)C3)cc1. The molecule has 9 heteroatoms. The lowest BCUT2D eigenvalue weighted by molar-refractivity contribution is -0.705. The van der Waals surface area contributed by atoms with Crippen LogP contribution in [0.5, 0.6) is 5.95 Å². The number of aromatic nitrogens is 2. The number of hydrogen-bond acceptors (Lipinski definition) is 7. The summed E-state index contributed by atoms with van der Waals surface area (Å²) in [6, 6.07) is 9.78. The minimum Gasteiger partial charge on any atom is -0.538 e. The van der Waals surface area contributed by atoms with Crippen LogP contribution in [0.2, 0.25) is 0 Å². The second-order valence-electron chi connectivity index (χ2n) is 9.38. The molecular weight excluding hydrogens is 456 g/mol. The van der Waals surface area contributed by atoms with Crippen molar-refractivity contribution in [3.8, 4) is 17.7 Å². The van der Waals surface area contributed by atoms with Crippen LogP contribution >= 0.6 is 23.1 Å². The minimum atomic E-state index is -0.592. The van der Waals surface area contributed by atoms with Gasteiger partial charge in [0.05, 0.1) is 16.6 Å². The quantitative estimate of drug-likeness (QED) is 0.433. The molecule has 0 saturated heterocycles. The summed E-state index contributed by atoms with van der Waals surface area (Å²) in [7, 11) is 0. The molecule has 1 aromatic carbocycles. The first-order chi connectivity index (χ1) is 15.7. The number of fused-ring (bicyclic) bond motifs is 1. The summed E-state index contributed by atoms with van der Waals surface area (Å²) in [4.78, 5) is 13.9. The number of hydrogen-bond donors (Lipinski definition) is 1. The standard InChI is InChI=1S/C24H26N4O3S2/c1-14-5-8-16(9-6-14)28-22(23(30)31-27-28)32-13-20(29)26-21-18(12-25)17-10-7-15(24(2,3)4)11-19(17)33-21/h5-6,8-9,15H,7,10-11,13H2,1-4H3,(H-,26,27,29,30). The van der Waals surface area contributed by atoms with Gasteiger partial charge in [0.1, 0.15) is 11.1 Å². The molecule has 4 rings (SSSR count). The van der Waals surface area contributed by atoms with Gasteiger partial charge in [0, 0.05) is 17.0 Å². The molecule has 1 N–H and O–H groups in total. The summed E-state index contributed by atoms with van der Waals surface area (Å²) >= 11 is 2.56. The highest BCUT2D eigenvalue weighted by molar-refractivity contribution is 7.99. The third-order valence-electron chi connectivity index (χ3n) is 6.05. The second-order valence-corrected chi connectivity index (χ2v) is 11.4. The topological polar surface area (TPSA) is 106 Å². The lowest BCUT2D eigenvalue weighted by Crippen LogP contribution is -2.35. The first kappa shape index (κ1) is 23.3. The van der Waals surface area contributed by atoms with Crippen molar-refractivity contribution in [1.29, 1.82) is 5.26 Å². The number of carbonyl (C=O) groups excluding carboxylic acids is 1. The van der Waals surface area contributed by atoms with Crippen molar-refractivity contribution in [2.24, 2.45) is 11.3 Å². The minimum absolute atomic E-state index is 0.000363. The van der Waals surface area contributed by atoms with Gasteiger partial charge in [0.25, 0.3) is 5.03 Å². The van der Waals surface area contributed by atoms with Crippen LogP contribution in [-0.4, -0.2) is 16.9 Å². The molecule has 1 atom stereocenters. The summed E-state index contributed by atoms with van der Waals surface area (Å²) in [5, 5.41) is 29.4. The van der Waals surface area contributed by atoms with Crippen LogP contribution < -0.4 is 15.1 Å². The molecule has 0 bridgehead atoms. The van der Waals surface area contributed by atoms with Gasteiger partial charge in [0.15, 0.2) is 5.95 Å². The Kier molecular flexibility index (Phi) is 6.50. The van der Waals surface area contributed by atoms with Gasteiger partial charge in [-0.2, -0.15) is 5.26 Å². The maximum absolute atomic E-state index is 12.7. The van der Waals surface area contributed by atoms with Crippen LogP contribution in [0.1, 0.15) is 48.8 Å². The number of anilines is 1. The molecule has 1 aliphatic carbocycles. The van der Waals surface area contributed by atoms with Gasteiger partial charge in [0.2, 0.25) is 11.6 Å². The van der Waals surface area contributed by atoms with Gasteiger partial charge in [-0.15, -0.1) is 11.3 Å². The first-order valence-corrected chi connectivity index (χ1v) is 12.6. The second kappa shape index (κ2) is 9.20. The highest BCUT2D eigenvalue weighted by Gasteiger charge is 2.32. The van der Waals surface area contributed by atoms with Crippen molar-refractivity contribution in [3.63, 3.8) is 0 Å². The van der Waals surface area contributed by atoms with E-state index in [1.807, 2.05) is 31.2 Å². The molecule has 0 fully saturated rings. The Morgan fingerprint density at radius 1 is 1.39 bits per heavy atom. The van der Waals surface area contributed by atoms with Crippen LogP contribution in [-0.2, 0) is 17.6 Å². The predicted octanol–water partition coefficient (Wildman–Crippen LogP) is 4.15. The molecule has 7 nitrogen and oxygen atoms in total. The fourth-order valence-corrected chi connectivity index (χ4v) is 6.09. The normalized spacial score (nSPS) is 15.7. The summed E-state index contributed by atoms with van der Waals surface area (Å²) in [6.45, 7) is 8.72. The molecule has 1 aliphatic rings. The van der Waals surface area contributed by atoms with Crippen molar-refractivity contribution in [2.75, 3.05) is 11.1 Å². The molecule has 2 aromatic heterocycles. The monoisotopic (exact) mass is 482 g/mol. The van der Waals surface area contributed by atoms with Crippen molar-refractivity contribution < 1.29 is 19.1 Å². The molecule has 1 unspecified atom stereocenters. The van der Waals surface area contributed by atoms with Gasteiger partial charge < -0.3 is 14.9 Å². The lowest BCUT2D eigenvalue weighted by atomic mass is 9.72. The Labute approximate surface area is 201 Å². The summed E-state index contributed by atoms with van der Waals surface area (Å²) in [6.07, 6.45) is 2.83. The van der Waals surface area contributed by atoms with Crippen LogP contribution in [0.15, 0.2) is 33.8 Å². The largest absolute Gasteiger partial charge is 0.538 e. The molecule has 3 aromatic rings. The number of amides is 1. The average molecular weight is 483 g/mol. The molecule has 1 amide bonds. The number of thiophene rings is 1. The van der Waals surface area contributed by atoms with E-state index in [0.717, 1.165) is 42.2 Å². The zero-order valence-corrected chi connectivity index (χ0v) is 20.7. The number of nitrogens with zero attached hydrogens (tertiary/aromatic N) is 3. The summed E-state index contributed by atoms with van der Waals surface area (Å²) < 4.78 is 6.22. The third kappa shape index (κ3) is 4.92. The van der Waals surface area contributed by atoms with E-state index in [1.165, 1.54) is 20.9 Å². The van der Waals surface area contributed by atoms with E-state index < -0.39 is 5.95 Å². The van der Waals surface area contributed by atoms with Crippen LogP contribution in [0.25, 0.3) is 5.69 Å². The fraction of sp³-hybridized carbons (Fsp3) is 0.417. The van der Waals surface area contributed by atoms with E-state index in [1.54, 1.807) is 0 Å². The number of rotatable bonds is 5. The van der Waals surface area contributed by atoms with E-state index >= 15 is 0 Å². The molecule has 2 heterocycles.